The number of fused-ring (bicyclic) bond motifs is 1. The Labute approximate surface area is 184 Å². The van der Waals surface area contributed by atoms with Gasteiger partial charge in [0, 0.05) is 11.8 Å². The second-order valence-electron chi connectivity index (χ2n) is 9.52. The van der Waals surface area contributed by atoms with Crippen molar-refractivity contribution in [1.29, 1.82) is 0 Å². The van der Waals surface area contributed by atoms with Crippen LogP contribution in [-0.4, -0.2) is 45.4 Å². The zero-order valence-electron chi connectivity index (χ0n) is 18.8. The molecule has 7 nitrogen and oxygen atoms in total. The molecule has 0 aromatic heterocycles. The van der Waals surface area contributed by atoms with Crippen LogP contribution in [0.5, 0.6) is 0 Å². The number of rotatable bonds is 7. The number of esters is 1. The van der Waals surface area contributed by atoms with Crippen LogP contribution in [0.4, 0.5) is 0 Å². The van der Waals surface area contributed by atoms with Crippen molar-refractivity contribution in [3.8, 4) is 11.6 Å². The Morgan fingerprint density at radius 3 is 2.58 bits per heavy atom. The van der Waals surface area contributed by atoms with E-state index in [9.17, 15) is 24.2 Å². The van der Waals surface area contributed by atoms with Crippen LogP contribution < -0.4 is 0 Å². The van der Waals surface area contributed by atoms with Crippen LogP contribution >= 0.6 is 7.37 Å². The van der Waals surface area contributed by atoms with Crippen molar-refractivity contribution in [2.24, 2.45) is 29.1 Å². The zero-order chi connectivity index (χ0) is 23.4. The Morgan fingerprint density at radius 1 is 1.29 bits per heavy atom. The van der Waals surface area contributed by atoms with E-state index in [4.69, 9.17) is 9.84 Å². The number of hydrogen-bond acceptors (Lipinski definition) is 5. The number of aliphatic carboxylic acids is 1. The molecule has 8 heteroatoms. The highest BCUT2D eigenvalue weighted by atomic mass is 31.2. The SMILES string of the molecule is CCC(C)(C)C(=O)O[C@H]1CCC[C@@H]2C=C[C@H](C)[C@H](C#CP(=O)(O)C[C@@H](O)CC(=O)O)[C@@H]12. The van der Waals surface area contributed by atoms with E-state index in [0.29, 0.717) is 6.42 Å². The minimum Gasteiger partial charge on any atom is -0.481 e. The van der Waals surface area contributed by atoms with E-state index in [0.717, 1.165) is 19.3 Å². The Morgan fingerprint density at radius 2 is 1.97 bits per heavy atom. The summed E-state index contributed by atoms with van der Waals surface area (Å²) in [5.41, 5.74) is 1.87. The molecule has 1 saturated carbocycles. The summed E-state index contributed by atoms with van der Waals surface area (Å²) in [5, 5.41) is 18.5. The maximum Gasteiger partial charge on any atom is 0.311 e. The number of aliphatic hydroxyl groups is 1. The minimum absolute atomic E-state index is 0.0104. The molecule has 0 spiro atoms. The largest absolute Gasteiger partial charge is 0.481 e. The molecule has 0 saturated heterocycles. The van der Waals surface area contributed by atoms with Crippen LogP contribution in [0.15, 0.2) is 12.2 Å². The van der Waals surface area contributed by atoms with E-state index < -0.39 is 37.4 Å². The van der Waals surface area contributed by atoms with E-state index >= 15 is 0 Å². The predicted molar refractivity (Wildman–Crippen MR) is 117 cm³/mol. The van der Waals surface area contributed by atoms with Crippen LogP contribution in [0.3, 0.4) is 0 Å². The summed E-state index contributed by atoms with van der Waals surface area (Å²) in [6.45, 7) is 7.65. The average molecular weight is 455 g/mol. The first-order valence-electron chi connectivity index (χ1n) is 11.0. The molecular formula is C23H35O7P. The first kappa shape index (κ1) is 25.6. The molecule has 0 aliphatic heterocycles. The maximum atomic E-state index is 12.7. The Kier molecular flexibility index (Phi) is 8.55. The Balaban J connectivity index is 2.24. The summed E-state index contributed by atoms with van der Waals surface area (Å²) in [5.74, 6) is 1.34. The third-order valence-electron chi connectivity index (χ3n) is 6.56. The molecular weight excluding hydrogens is 419 g/mol. The Hall–Kier alpha value is -1.61. The second-order valence-corrected chi connectivity index (χ2v) is 11.5. The highest BCUT2D eigenvalue weighted by molar-refractivity contribution is 7.63. The smallest absolute Gasteiger partial charge is 0.311 e. The van der Waals surface area contributed by atoms with Crippen LogP contribution in [0.25, 0.3) is 0 Å². The van der Waals surface area contributed by atoms with Gasteiger partial charge in [-0.05, 0) is 57.0 Å². The summed E-state index contributed by atoms with van der Waals surface area (Å²) in [4.78, 5) is 33.6. The summed E-state index contributed by atoms with van der Waals surface area (Å²) in [7, 11) is -4.03. The lowest BCUT2D eigenvalue weighted by Crippen LogP contribution is -2.44. The van der Waals surface area contributed by atoms with Gasteiger partial charge in [-0.25, -0.2) is 0 Å². The van der Waals surface area contributed by atoms with Crippen molar-refractivity contribution in [2.75, 3.05) is 6.16 Å². The lowest BCUT2D eigenvalue weighted by Gasteiger charge is -2.44. The topological polar surface area (TPSA) is 121 Å². The molecule has 0 radical (unpaired) electrons. The van der Waals surface area contributed by atoms with E-state index in [1.54, 1.807) is 0 Å². The molecule has 1 unspecified atom stereocenters. The van der Waals surface area contributed by atoms with Gasteiger partial charge in [-0.1, -0.05) is 31.9 Å². The number of carbonyl (C=O) groups excluding carboxylic acids is 1. The third kappa shape index (κ3) is 6.94. The molecule has 174 valence electrons. The number of carboxylic acids is 1. The van der Waals surface area contributed by atoms with Crippen LogP contribution in [0.2, 0.25) is 0 Å². The third-order valence-corrected chi connectivity index (χ3v) is 7.96. The fourth-order valence-corrected chi connectivity index (χ4v) is 5.45. The second kappa shape index (κ2) is 10.3. The van der Waals surface area contributed by atoms with Gasteiger partial charge >= 0.3 is 11.9 Å². The first-order chi connectivity index (χ1) is 14.4. The molecule has 2 aliphatic rings. The lowest BCUT2D eigenvalue weighted by molar-refractivity contribution is -0.167. The number of allylic oxidation sites excluding steroid dienone is 2. The highest BCUT2D eigenvalue weighted by Gasteiger charge is 2.44. The number of ether oxygens (including phenoxy) is 1. The zero-order valence-corrected chi connectivity index (χ0v) is 19.7. The van der Waals surface area contributed by atoms with Crippen molar-refractivity contribution in [3.05, 3.63) is 12.2 Å². The minimum atomic E-state index is -4.03. The van der Waals surface area contributed by atoms with E-state index in [-0.39, 0.29) is 35.7 Å². The standard InChI is InChI=1S/C23H35O7P/c1-5-23(3,4)22(27)30-19-8-6-7-16-10-9-15(2)18(21(16)19)11-12-31(28,29)14-17(24)13-20(25)26/h9-10,15-19,21,24H,5-8,13-14H2,1-4H3,(H,25,26)(H,28,29)/t15-,16+,17-,18-,19-,21-/m0/s1. The molecule has 2 aliphatic carbocycles. The molecule has 2 rings (SSSR count). The van der Waals surface area contributed by atoms with Gasteiger partial charge in [0.05, 0.1) is 24.1 Å². The summed E-state index contributed by atoms with van der Waals surface area (Å²) >= 11 is 0. The van der Waals surface area contributed by atoms with Crippen molar-refractivity contribution in [1.82, 2.24) is 0 Å². The molecule has 0 amide bonds. The van der Waals surface area contributed by atoms with Gasteiger partial charge in [-0.15, -0.1) is 0 Å². The van der Waals surface area contributed by atoms with Crippen LogP contribution in [0.1, 0.15) is 59.8 Å². The van der Waals surface area contributed by atoms with Gasteiger partial charge in [0.25, 0.3) is 7.37 Å². The van der Waals surface area contributed by atoms with E-state index in [1.807, 2.05) is 27.7 Å². The molecule has 7 atom stereocenters. The van der Waals surface area contributed by atoms with Crippen LogP contribution in [0, 0.1) is 40.7 Å². The summed E-state index contributed by atoms with van der Waals surface area (Å²) in [6, 6.07) is 0. The Bertz CT molecular complexity index is 806. The molecule has 0 bridgehead atoms. The predicted octanol–water partition coefficient (Wildman–Crippen LogP) is 3.64. The van der Waals surface area contributed by atoms with E-state index in [2.05, 4.69) is 23.7 Å². The van der Waals surface area contributed by atoms with Crippen molar-refractivity contribution in [3.63, 3.8) is 0 Å². The van der Waals surface area contributed by atoms with Crippen molar-refractivity contribution in [2.45, 2.75) is 72.0 Å². The summed E-state index contributed by atoms with van der Waals surface area (Å²) in [6.07, 6.45) is 4.56. The number of carboxylic acid groups (broad SMARTS) is 1. The normalized spacial score (nSPS) is 30.8. The highest BCUT2D eigenvalue weighted by Crippen LogP contribution is 2.46. The van der Waals surface area contributed by atoms with Gasteiger partial charge < -0.3 is 19.8 Å². The molecule has 31 heavy (non-hydrogen) atoms. The first-order valence-corrected chi connectivity index (χ1v) is 12.8. The van der Waals surface area contributed by atoms with Gasteiger partial charge in [0.1, 0.15) is 6.10 Å². The quantitative estimate of drug-likeness (QED) is 0.232. The number of carbonyl (C=O) groups is 2. The van der Waals surface area contributed by atoms with Crippen LogP contribution in [-0.2, 0) is 18.9 Å². The average Bonchev–Trinajstić information content (AvgIpc) is 2.66. The lowest BCUT2D eigenvalue weighted by atomic mass is 9.64. The molecule has 0 heterocycles. The molecule has 3 N–H and O–H groups in total. The van der Waals surface area contributed by atoms with Gasteiger partial charge in [0.2, 0.25) is 0 Å². The molecule has 0 aromatic carbocycles. The number of aliphatic hydroxyl groups excluding tert-OH is 1. The number of hydrogen-bond donors (Lipinski definition) is 3. The van der Waals surface area contributed by atoms with E-state index in [1.165, 1.54) is 0 Å². The molecule has 1 fully saturated rings. The van der Waals surface area contributed by atoms with Crippen molar-refractivity contribution >= 4 is 19.3 Å². The van der Waals surface area contributed by atoms with Gasteiger partial charge in [-0.3, -0.25) is 14.2 Å². The van der Waals surface area contributed by atoms with Crippen molar-refractivity contribution < 1.29 is 34.0 Å². The fourth-order valence-electron chi connectivity index (χ4n) is 4.30. The monoisotopic (exact) mass is 454 g/mol. The molecule has 0 aromatic rings. The van der Waals surface area contributed by atoms with Gasteiger partial charge in [0.15, 0.2) is 0 Å². The summed E-state index contributed by atoms with van der Waals surface area (Å²) < 4.78 is 18.4. The fraction of sp³-hybridized carbons (Fsp3) is 0.739. The maximum absolute atomic E-state index is 12.7. The van der Waals surface area contributed by atoms with Gasteiger partial charge in [-0.2, -0.15) is 0 Å².